The molecule has 2 amide bonds. The van der Waals surface area contributed by atoms with Crippen molar-refractivity contribution in [2.45, 2.75) is 26.1 Å². The second-order valence-corrected chi connectivity index (χ2v) is 7.44. The number of methoxy groups -OCH3 is 2. The van der Waals surface area contributed by atoms with Crippen LogP contribution in [0.5, 0.6) is 11.5 Å². The predicted molar refractivity (Wildman–Crippen MR) is 123 cm³/mol. The van der Waals surface area contributed by atoms with Gasteiger partial charge in [-0.05, 0) is 35.7 Å². The number of carbonyl (C=O) groups excluding carboxylic acids is 2. The largest absolute Gasteiger partial charge is 0.493 e. The molecule has 0 saturated heterocycles. The number of ether oxygens (including phenoxy) is 2. The van der Waals surface area contributed by atoms with E-state index in [1.807, 2.05) is 73.7 Å². The summed E-state index contributed by atoms with van der Waals surface area (Å²) in [7, 11) is 3.12. The Labute approximate surface area is 188 Å². The highest BCUT2D eigenvalue weighted by molar-refractivity contribution is 6.35. The van der Waals surface area contributed by atoms with Crippen molar-refractivity contribution >= 4 is 11.8 Å². The lowest BCUT2D eigenvalue weighted by Crippen LogP contribution is -2.43. The van der Waals surface area contributed by atoms with Gasteiger partial charge in [0.2, 0.25) is 0 Å². The fourth-order valence-corrected chi connectivity index (χ4v) is 3.41. The quantitative estimate of drug-likeness (QED) is 0.544. The fourth-order valence-electron chi connectivity index (χ4n) is 3.41. The third kappa shape index (κ3) is 5.88. The summed E-state index contributed by atoms with van der Waals surface area (Å²) in [5.74, 6) is -0.0702. The molecule has 1 atom stereocenters. The van der Waals surface area contributed by atoms with Gasteiger partial charge in [-0.15, -0.1) is 0 Å². The number of rotatable bonds is 8. The SMILES string of the molecule is COc1ccc(C(C)NC(=O)C(=O)N(Cc2ccccc2)Cc2ccccc2)cc1OC. The van der Waals surface area contributed by atoms with E-state index < -0.39 is 11.8 Å². The highest BCUT2D eigenvalue weighted by atomic mass is 16.5. The highest BCUT2D eigenvalue weighted by Crippen LogP contribution is 2.29. The lowest BCUT2D eigenvalue weighted by atomic mass is 10.1. The van der Waals surface area contributed by atoms with E-state index in [2.05, 4.69) is 5.32 Å². The van der Waals surface area contributed by atoms with Crippen LogP contribution in [0.3, 0.4) is 0 Å². The number of benzene rings is 3. The van der Waals surface area contributed by atoms with Crippen LogP contribution in [0.15, 0.2) is 78.9 Å². The molecular weight excluding hydrogens is 404 g/mol. The van der Waals surface area contributed by atoms with Crippen LogP contribution in [-0.4, -0.2) is 30.9 Å². The van der Waals surface area contributed by atoms with E-state index >= 15 is 0 Å². The zero-order valence-electron chi connectivity index (χ0n) is 18.6. The molecule has 1 N–H and O–H groups in total. The van der Waals surface area contributed by atoms with Crippen LogP contribution in [0.4, 0.5) is 0 Å². The number of carbonyl (C=O) groups is 2. The van der Waals surface area contributed by atoms with E-state index in [9.17, 15) is 9.59 Å². The van der Waals surface area contributed by atoms with Gasteiger partial charge in [0.25, 0.3) is 0 Å². The molecule has 3 aromatic carbocycles. The Bertz CT molecular complexity index is 997. The molecule has 0 bridgehead atoms. The zero-order chi connectivity index (χ0) is 22.9. The maximum atomic E-state index is 13.1. The van der Waals surface area contributed by atoms with E-state index in [0.717, 1.165) is 16.7 Å². The van der Waals surface area contributed by atoms with Crippen LogP contribution in [0.1, 0.15) is 29.7 Å². The van der Waals surface area contributed by atoms with E-state index in [1.165, 1.54) is 0 Å². The van der Waals surface area contributed by atoms with E-state index in [0.29, 0.717) is 24.6 Å². The Morgan fingerprint density at radius 3 is 1.84 bits per heavy atom. The van der Waals surface area contributed by atoms with E-state index in [4.69, 9.17) is 9.47 Å². The van der Waals surface area contributed by atoms with Gasteiger partial charge in [0, 0.05) is 13.1 Å². The lowest BCUT2D eigenvalue weighted by Gasteiger charge is -2.24. The van der Waals surface area contributed by atoms with Crippen LogP contribution < -0.4 is 14.8 Å². The standard InChI is InChI=1S/C26H28N2O4/c1-19(22-14-15-23(31-2)24(16-22)32-3)27-25(29)26(30)28(17-20-10-6-4-7-11-20)18-21-12-8-5-9-13-21/h4-16,19H,17-18H2,1-3H3,(H,27,29). The second kappa shape index (κ2) is 11.0. The molecule has 166 valence electrons. The average Bonchev–Trinajstić information content (AvgIpc) is 2.83. The molecule has 3 rings (SSSR count). The number of nitrogens with one attached hydrogen (secondary N) is 1. The maximum Gasteiger partial charge on any atom is 0.312 e. The summed E-state index contributed by atoms with van der Waals surface area (Å²) < 4.78 is 10.6. The summed E-state index contributed by atoms with van der Waals surface area (Å²) in [5.41, 5.74) is 2.72. The molecule has 6 heteroatoms. The Balaban J connectivity index is 1.75. The molecule has 0 radical (unpaired) electrons. The predicted octanol–water partition coefficient (Wildman–Crippen LogP) is 4.11. The first kappa shape index (κ1) is 22.9. The first-order valence-corrected chi connectivity index (χ1v) is 10.4. The van der Waals surface area contributed by atoms with Crippen LogP contribution in [0, 0.1) is 0 Å². The van der Waals surface area contributed by atoms with Crippen LogP contribution in [-0.2, 0) is 22.7 Å². The molecule has 3 aromatic rings. The van der Waals surface area contributed by atoms with Gasteiger partial charge in [-0.2, -0.15) is 0 Å². The van der Waals surface area contributed by atoms with E-state index in [1.54, 1.807) is 31.3 Å². The minimum Gasteiger partial charge on any atom is -0.493 e. The minimum absolute atomic E-state index is 0.340. The summed E-state index contributed by atoms with van der Waals surface area (Å²) >= 11 is 0. The van der Waals surface area contributed by atoms with Crippen molar-refractivity contribution in [3.05, 3.63) is 95.6 Å². The highest BCUT2D eigenvalue weighted by Gasteiger charge is 2.24. The Kier molecular flexibility index (Phi) is 7.86. The molecule has 0 aromatic heterocycles. The van der Waals surface area contributed by atoms with Gasteiger partial charge in [0.05, 0.1) is 20.3 Å². The van der Waals surface area contributed by atoms with Gasteiger partial charge in [-0.1, -0.05) is 66.7 Å². The number of nitrogens with zero attached hydrogens (tertiary/aromatic N) is 1. The lowest BCUT2D eigenvalue weighted by molar-refractivity contribution is -0.147. The van der Waals surface area contributed by atoms with Gasteiger partial charge in [0.15, 0.2) is 11.5 Å². The topological polar surface area (TPSA) is 67.9 Å². The average molecular weight is 433 g/mol. The summed E-state index contributed by atoms with van der Waals surface area (Å²) in [4.78, 5) is 27.5. The van der Waals surface area contributed by atoms with Crippen LogP contribution >= 0.6 is 0 Å². The summed E-state index contributed by atoms with van der Waals surface area (Å²) in [6.07, 6.45) is 0. The van der Waals surface area contributed by atoms with Crippen molar-refractivity contribution in [3.8, 4) is 11.5 Å². The second-order valence-electron chi connectivity index (χ2n) is 7.44. The summed E-state index contributed by atoms with van der Waals surface area (Å²) in [5, 5.41) is 2.81. The van der Waals surface area contributed by atoms with Crippen molar-refractivity contribution in [2.75, 3.05) is 14.2 Å². The van der Waals surface area contributed by atoms with Gasteiger partial charge in [0.1, 0.15) is 0 Å². The Morgan fingerprint density at radius 2 is 1.34 bits per heavy atom. The van der Waals surface area contributed by atoms with Crippen molar-refractivity contribution in [1.82, 2.24) is 10.2 Å². The number of hydrogen-bond acceptors (Lipinski definition) is 4. The van der Waals surface area contributed by atoms with Crippen molar-refractivity contribution < 1.29 is 19.1 Å². The van der Waals surface area contributed by atoms with Crippen molar-refractivity contribution in [3.63, 3.8) is 0 Å². The molecule has 0 spiro atoms. The van der Waals surface area contributed by atoms with Crippen molar-refractivity contribution in [2.24, 2.45) is 0 Å². The van der Waals surface area contributed by atoms with Crippen LogP contribution in [0.2, 0.25) is 0 Å². The van der Waals surface area contributed by atoms with Gasteiger partial charge >= 0.3 is 11.8 Å². The molecule has 6 nitrogen and oxygen atoms in total. The summed E-state index contributed by atoms with van der Waals surface area (Å²) in [6, 6.07) is 24.3. The number of amides is 2. The van der Waals surface area contributed by atoms with E-state index in [-0.39, 0.29) is 6.04 Å². The summed E-state index contributed by atoms with van der Waals surface area (Å²) in [6.45, 7) is 2.50. The normalized spacial score (nSPS) is 11.3. The molecule has 1 unspecified atom stereocenters. The Hall–Kier alpha value is -3.80. The Morgan fingerprint density at radius 1 is 0.812 bits per heavy atom. The first-order chi connectivity index (χ1) is 15.5. The molecule has 0 saturated carbocycles. The zero-order valence-corrected chi connectivity index (χ0v) is 18.6. The molecule has 0 aliphatic rings. The van der Waals surface area contributed by atoms with Crippen LogP contribution in [0.25, 0.3) is 0 Å². The molecule has 0 heterocycles. The third-order valence-electron chi connectivity index (χ3n) is 5.17. The molecule has 0 aliphatic carbocycles. The maximum absolute atomic E-state index is 13.1. The molecule has 0 aliphatic heterocycles. The molecule has 0 fully saturated rings. The monoisotopic (exact) mass is 432 g/mol. The van der Waals surface area contributed by atoms with Gasteiger partial charge in [-0.3, -0.25) is 9.59 Å². The number of hydrogen-bond donors (Lipinski definition) is 1. The minimum atomic E-state index is -0.654. The first-order valence-electron chi connectivity index (χ1n) is 10.4. The third-order valence-corrected chi connectivity index (χ3v) is 5.17. The van der Waals surface area contributed by atoms with Crippen molar-refractivity contribution in [1.29, 1.82) is 0 Å². The fraction of sp³-hybridized carbons (Fsp3) is 0.231. The van der Waals surface area contributed by atoms with Gasteiger partial charge < -0.3 is 19.7 Å². The molecule has 32 heavy (non-hydrogen) atoms. The van der Waals surface area contributed by atoms with Gasteiger partial charge in [-0.25, -0.2) is 0 Å². The molecular formula is C26H28N2O4. The smallest absolute Gasteiger partial charge is 0.312 e.